The van der Waals surface area contributed by atoms with Crippen LogP contribution in [0.5, 0.6) is 0 Å². The van der Waals surface area contributed by atoms with Crippen LogP contribution in [0.3, 0.4) is 0 Å². The van der Waals surface area contributed by atoms with Crippen molar-refractivity contribution in [3.63, 3.8) is 0 Å². The molecule has 0 aromatic carbocycles. The molecule has 4 nitrogen and oxygen atoms in total. The van der Waals surface area contributed by atoms with E-state index in [0.29, 0.717) is 19.5 Å². The number of allylic oxidation sites excluding steroid dienone is 2. The number of nitrogens with one attached hydrogen (secondary N) is 1. The fraction of sp³-hybridized carbons (Fsp3) is 0.854. The number of nitrogens with zero attached hydrogens (tertiary/aromatic N) is 1. The summed E-state index contributed by atoms with van der Waals surface area (Å²) < 4.78 is 0. The van der Waals surface area contributed by atoms with Crippen molar-refractivity contribution >= 4 is 11.8 Å². The van der Waals surface area contributed by atoms with E-state index in [-0.39, 0.29) is 17.9 Å². The highest BCUT2D eigenvalue weighted by molar-refractivity contribution is 5.88. The number of carbonyl (C=O) groups is 2. The second kappa shape index (κ2) is 32.4. The van der Waals surface area contributed by atoms with E-state index in [1.54, 1.807) is 0 Å². The molecule has 0 radical (unpaired) electrons. The Morgan fingerprint density at radius 3 is 1.42 bits per heavy atom. The SMILES string of the molecule is CCCCCCCCCCCCCC/C=C/CCNC(=O)[C@@H]1CCCN1C(=O)C/C=C/CCCCCCCCCCCCCC. The Bertz CT molecular complexity index is 731. The number of carbonyl (C=O) groups excluding carboxylic acids is 2. The summed E-state index contributed by atoms with van der Waals surface area (Å²) >= 11 is 0. The average Bonchev–Trinajstić information content (AvgIpc) is 3.55. The van der Waals surface area contributed by atoms with Gasteiger partial charge < -0.3 is 10.2 Å². The molecule has 262 valence electrons. The minimum absolute atomic E-state index is 0.0238. The molecule has 1 N–H and O–H groups in total. The van der Waals surface area contributed by atoms with Crippen LogP contribution >= 0.6 is 0 Å². The minimum Gasteiger partial charge on any atom is -0.354 e. The third kappa shape index (κ3) is 25.2. The van der Waals surface area contributed by atoms with Crippen molar-refractivity contribution in [2.45, 2.75) is 213 Å². The summed E-state index contributed by atoms with van der Waals surface area (Å²) in [5.74, 6) is 0.122. The van der Waals surface area contributed by atoms with Gasteiger partial charge in [0.25, 0.3) is 0 Å². The standard InChI is InChI=1S/C41H76N2O2/c1-3-5-7-9-11-13-15-17-19-21-23-25-27-29-31-33-37-42-41(45)39-35-34-38-43(39)40(44)36-32-30-28-26-24-22-20-18-16-14-12-10-8-6-4-2/h29-32,39H,3-28,33-38H2,1-2H3,(H,42,45)/b31-29+,32-30+/t39-/m0/s1. The Kier molecular flexibility index (Phi) is 29.8. The van der Waals surface area contributed by atoms with Crippen molar-refractivity contribution in [1.82, 2.24) is 10.2 Å². The maximum atomic E-state index is 12.8. The highest BCUT2D eigenvalue weighted by Crippen LogP contribution is 2.19. The van der Waals surface area contributed by atoms with Gasteiger partial charge in [-0.2, -0.15) is 0 Å². The summed E-state index contributed by atoms with van der Waals surface area (Å²) in [6.45, 7) is 5.93. The molecule has 4 heteroatoms. The van der Waals surface area contributed by atoms with Crippen molar-refractivity contribution in [3.8, 4) is 0 Å². The summed E-state index contributed by atoms with van der Waals surface area (Å²) in [6, 6.07) is -0.285. The Hall–Kier alpha value is -1.58. The molecular weight excluding hydrogens is 552 g/mol. The van der Waals surface area contributed by atoms with E-state index in [0.717, 1.165) is 32.1 Å². The van der Waals surface area contributed by atoms with Crippen LogP contribution in [-0.2, 0) is 9.59 Å². The Balaban J connectivity index is 1.98. The quantitative estimate of drug-likeness (QED) is 0.0595. The molecule has 0 unspecified atom stereocenters. The zero-order valence-electron chi connectivity index (χ0n) is 30.3. The van der Waals surface area contributed by atoms with Gasteiger partial charge in [0.15, 0.2) is 0 Å². The van der Waals surface area contributed by atoms with Crippen LogP contribution in [0.15, 0.2) is 24.3 Å². The summed E-state index contributed by atoms with van der Waals surface area (Å²) in [5, 5.41) is 3.08. The van der Waals surface area contributed by atoms with Gasteiger partial charge in [-0.05, 0) is 44.9 Å². The lowest BCUT2D eigenvalue weighted by Gasteiger charge is -2.23. The van der Waals surface area contributed by atoms with Crippen LogP contribution in [-0.4, -0.2) is 35.8 Å². The van der Waals surface area contributed by atoms with E-state index >= 15 is 0 Å². The summed E-state index contributed by atoms with van der Waals surface area (Å²) in [5.41, 5.74) is 0. The Morgan fingerprint density at radius 1 is 0.556 bits per heavy atom. The molecule has 1 aliphatic rings. The fourth-order valence-electron chi connectivity index (χ4n) is 6.60. The van der Waals surface area contributed by atoms with Crippen molar-refractivity contribution < 1.29 is 9.59 Å². The monoisotopic (exact) mass is 629 g/mol. The van der Waals surface area contributed by atoms with Crippen molar-refractivity contribution in [3.05, 3.63) is 24.3 Å². The van der Waals surface area contributed by atoms with Gasteiger partial charge >= 0.3 is 0 Å². The molecule has 1 saturated heterocycles. The molecule has 1 rings (SSSR count). The lowest BCUT2D eigenvalue weighted by Crippen LogP contribution is -2.46. The number of rotatable bonds is 32. The molecule has 0 saturated carbocycles. The minimum atomic E-state index is -0.285. The van der Waals surface area contributed by atoms with Crippen LogP contribution in [0.25, 0.3) is 0 Å². The first-order chi connectivity index (χ1) is 22.2. The van der Waals surface area contributed by atoms with E-state index in [4.69, 9.17) is 0 Å². The molecule has 0 bridgehead atoms. The summed E-state index contributed by atoms with van der Waals surface area (Å²) in [6.07, 6.45) is 46.9. The number of likely N-dealkylation sites (tertiary alicyclic amines) is 1. The van der Waals surface area contributed by atoms with Crippen molar-refractivity contribution in [2.24, 2.45) is 0 Å². The van der Waals surface area contributed by atoms with Crippen molar-refractivity contribution in [1.29, 1.82) is 0 Å². The molecule has 0 aromatic heterocycles. The normalized spacial score (nSPS) is 15.2. The zero-order valence-corrected chi connectivity index (χ0v) is 30.3. The van der Waals surface area contributed by atoms with Gasteiger partial charge in [0.2, 0.25) is 11.8 Å². The molecule has 45 heavy (non-hydrogen) atoms. The van der Waals surface area contributed by atoms with Crippen molar-refractivity contribution in [2.75, 3.05) is 13.1 Å². The number of hydrogen-bond acceptors (Lipinski definition) is 2. The van der Waals surface area contributed by atoms with Gasteiger partial charge in [-0.15, -0.1) is 0 Å². The third-order valence-electron chi connectivity index (χ3n) is 9.56. The predicted octanol–water partition coefficient (Wildman–Crippen LogP) is 12.2. The van der Waals surface area contributed by atoms with Gasteiger partial charge in [-0.1, -0.05) is 179 Å². The van der Waals surface area contributed by atoms with E-state index in [9.17, 15) is 9.59 Å². The molecule has 0 aromatic rings. The van der Waals surface area contributed by atoms with E-state index in [1.807, 2.05) is 11.0 Å². The topological polar surface area (TPSA) is 49.4 Å². The molecule has 1 heterocycles. The zero-order chi connectivity index (χ0) is 32.5. The first-order valence-corrected chi connectivity index (χ1v) is 20.1. The second-order valence-electron chi connectivity index (χ2n) is 13.8. The van der Waals surface area contributed by atoms with Crippen LogP contribution in [0.2, 0.25) is 0 Å². The predicted molar refractivity (Wildman–Crippen MR) is 197 cm³/mol. The van der Waals surface area contributed by atoms with E-state index in [2.05, 4.69) is 37.4 Å². The van der Waals surface area contributed by atoms with Crippen LogP contribution < -0.4 is 5.32 Å². The van der Waals surface area contributed by atoms with Gasteiger partial charge in [0.05, 0.1) is 0 Å². The van der Waals surface area contributed by atoms with Crippen LogP contribution in [0.1, 0.15) is 206 Å². The van der Waals surface area contributed by atoms with Gasteiger partial charge in [-0.25, -0.2) is 0 Å². The molecule has 2 amide bonds. The summed E-state index contributed by atoms with van der Waals surface area (Å²) in [7, 11) is 0. The highest BCUT2D eigenvalue weighted by Gasteiger charge is 2.33. The average molecular weight is 629 g/mol. The van der Waals surface area contributed by atoms with Crippen LogP contribution in [0.4, 0.5) is 0 Å². The molecule has 1 fully saturated rings. The van der Waals surface area contributed by atoms with Crippen LogP contribution in [0, 0.1) is 0 Å². The van der Waals surface area contributed by atoms with Gasteiger partial charge in [0, 0.05) is 19.5 Å². The van der Waals surface area contributed by atoms with Gasteiger partial charge in [0.1, 0.15) is 6.04 Å². The lowest BCUT2D eigenvalue weighted by atomic mass is 10.0. The largest absolute Gasteiger partial charge is 0.354 e. The van der Waals surface area contributed by atoms with Gasteiger partial charge in [-0.3, -0.25) is 9.59 Å². The molecule has 0 aliphatic carbocycles. The lowest BCUT2D eigenvalue weighted by molar-refractivity contribution is -0.137. The molecule has 1 aliphatic heterocycles. The molecule has 0 spiro atoms. The first-order valence-electron chi connectivity index (χ1n) is 20.1. The Labute approximate surface area is 281 Å². The molecule has 1 atom stereocenters. The van der Waals surface area contributed by atoms with E-state index in [1.165, 1.54) is 154 Å². The highest BCUT2D eigenvalue weighted by atomic mass is 16.2. The number of unbranched alkanes of at least 4 members (excludes halogenated alkanes) is 24. The molecular formula is C41H76N2O2. The number of amides is 2. The maximum absolute atomic E-state index is 12.8. The summed E-state index contributed by atoms with van der Waals surface area (Å²) in [4.78, 5) is 27.4. The third-order valence-corrected chi connectivity index (χ3v) is 9.56. The smallest absolute Gasteiger partial charge is 0.242 e. The number of hydrogen-bond donors (Lipinski definition) is 1. The second-order valence-corrected chi connectivity index (χ2v) is 13.8. The fourth-order valence-corrected chi connectivity index (χ4v) is 6.60. The Morgan fingerprint density at radius 2 is 0.956 bits per heavy atom. The first kappa shape index (κ1) is 41.4. The van der Waals surface area contributed by atoms with E-state index < -0.39 is 0 Å². The maximum Gasteiger partial charge on any atom is 0.242 e.